The third-order valence-electron chi connectivity index (χ3n) is 3.59. The molecule has 1 fully saturated rings. The first-order chi connectivity index (χ1) is 9.01. The quantitative estimate of drug-likeness (QED) is 0.777. The zero-order valence-corrected chi connectivity index (χ0v) is 13.4. The Morgan fingerprint density at radius 3 is 2.80 bits per heavy atom. The summed E-state index contributed by atoms with van der Waals surface area (Å²) in [6.45, 7) is 4.56. The molecule has 20 heavy (non-hydrogen) atoms. The van der Waals surface area contributed by atoms with Crippen LogP contribution in [0.4, 0.5) is 0 Å². The third kappa shape index (κ3) is 3.91. The molecule has 1 aromatic rings. The molecule has 2 rings (SSSR count). The van der Waals surface area contributed by atoms with E-state index < -0.39 is 6.10 Å². The highest BCUT2D eigenvalue weighted by Gasteiger charge is 2.34. The number of carbonyl (C=O) groups excluding carboxylic acids is 1. The number of aromatic nitrogens is 1. The minimum Gasteiger partial charge on any atom is -0.391 e. The highest BCUT2D eigenvalue weighted by atomic mass is 35.5. The van der Waals surface area contributed by atoms with Gasteiger partial charge in [0.1, 0.15) is 0 Å². The number of amides is 1. The van der Waals surface area contributed by atoms with Gasteiger partial charge in [0.2, 0.25) is 5.91 Å². The molecular weight excluding hydrogens is 298 g/mol. The molecule has 0 spiro atoms. The molecule has 0 aliphatic heterocycles. The van der Waals surface area contributed by atoms with E-state index in [1.165, 1.54) is 0 Å². The van der Waals surface area contributed by atoms with Crippen LogP contribution in [-0.4, -0.2) is 28.1 Å². The van der Waals surface area contributed by atoms with Crippen LogP contribution < -0.4 is 11.1 Å². The SMILES string of the molecule is CCc1nc(C)sc1CNC(=O)[C@H]1C[C@H](N)[C@@H](O)C1.Cl. The fraction of sp³-hybridized carbons (Fsp3) is 0.692. The first-order valence-electron chi connectivity index (χ1n) is 6.67. The molecule has 7 heteroatoms. The maximum atomic E-state index is 12.0. The Kier molecular flexibility index (Phi) is 6.39. The predicted molar refractivity (Wildman–Crippen MR) is 82.0 cm³/mol. The largest absolute Gasteiger partial charge is 0.391 e. The molecular formula is C13H22ClN3O2S. The van der Waals surface area contributed by atoms with Crippen molar-refractivity contribution in [2.45, 2.75) is 51.8 Å². The lowest BCUT2D eigenvalue weighted by atomic mass is 10.1. The summed E-state index contributed by atoms with van der Waals surface area (Å²) in [6.07, 6.45) is 1.36. The first-order valence-corrected chi connectivity index (χ1v) is 7.49. The van der Waals surface area contributed by atoms with Crippen LogP contribution >= 0.6 is 23.7 Å². The van der Waals surface area contributed by atoms with E-state index in [4.69, 9.17) is 5.73 Å². The number of hydrogen-bond donors (Lipinski definition) is 3. The summed E-state index contributed by atoms with van der Waals surface area (Å²) < 4.78 is 0. The number of carbonyl (C=O) groups is 1. The molecule has 5 nitrogen and oxygen atoms in total. The molecule has 0 bridgehead atoms. The molecule has 1 aliphatic carbocycles. The van der Waals surface area contributed by atoms with Crippen molar-refractivity contribution in [2.75, 3.05) is 0 Å². The average molecular weight is 320 g/mol. The molecule has 1 aliphatic rings. The van der Waals surface area contributed by atoms with Gasteiger partial charge in [0.25, 0.3) is 0 Å². The maximum Gasteiger partial charge on any atom is 0.223 e. The number of nitrogens with one attached hydrogen (secondary N) is 1. The van der Waals surface area contributed by atoms with Gasteiger partial charge in [0.15, 0.2) is 0 Å². The minimum absolute atomic E-state index is 0. The molecule has 0 radical (unpaired) electrons. The summed E-state index contributed by atoms with van der Waals surface area (Å²) in [5, 5.41) is 13.5. The van der Waals surface area contributed by atoms with E-state index >= 15 is 0 Å². The molecule has 1 heterocycles. The number of nitrogens with two attached hydrogens (primary N) is 1. The van der Waals surface area contributed by atoms with Gasteiger partial charge < -0.3 is 16.2 Å². The van der Waals surface area contributed by atoms with Gasteiger partial charge in [-0.1, -0.05) is 6.92 Å². The van der Waals surface area contributed by atoms with E-state index in [1.54, 1.807) is 11.3 Å². The number of hydrogen-bond acceptors (Lipinski definition) is 5. The average Bonchev–Trinajstić information content (AvgIpc) is 2.90. The van der Waals surface area contributed by atoms with Gasteiger partial charge in [-0.25, -0.2) is 4.98 Å². The molecule has 0 aromatic carbocycles. The zero-order valence-electron chi connectivity index (χ0n) is 11.8. The van der Waals surface area contributed by atoms with E-state index in [-0.39, 0.29) is 30.3 Å². The van der Waals surface area contributed by atoms with Crippen LogP contribution in [0.3, 0.4) is 0 Å². The van der Waals surface area contributed by atoms with Crippen molar-refractivity contribution in [3.8, 4) is 0 Å². The topological polar surface area (TPSA) is 88.2 Å². The van der Waals surface area contributed by atoms with Crippen LogP contribution in [0.15, 0.2) is 0 Å². The van der Waals surface area contributed by atoms with Gasteiger partial charge in [-0.3, -0.25) is 4.79 Å². The highest BCUT2D eigenvalue weighted by molar-refractivity contribution is 7.11. The van der Waals surface area contributed by atoms with E-state index in [0.717, 1.165) is 22.0 Å². The Morgan fingerprint density at radius 2 is 2.25 bits per heavy atom. The first kappa shape index (κ1) is 17.4. The van der Waals surface area contributed by atoms with Crippen LogP contribution in [0.25, 0.3) is 0 Å². The Labute approximate surface area is 129 Å². The fourth-order valence-electron chi connectivity index (χ4n) is 2.50. The molecule has 0 saturated heterocycles. The monoisotopic (exact) mass is 319 g/mol. The molecule has 1 aromatic heterocycles. The van der Waals surface area contributed by atoms with Crippen molar-refractivity contribution in [1.82, 2.24) is 10.3 Å². The number of nitrogens with zero attached hydrogens (tertiary/aromatic N) is 1. The smallest absolute Gasteiger partial charge is 0.223 e. The second kappa shape index (κ2) is 7.36. The van der Waals surface area contributed by atoms with Crippen molar-refractivity contribution in [2.24, 2.45) is 11.7 Å². The Balaban J connectivity index is 0.00000200. The standard InChI is InChI=1S/C13H21N3O2S.ClH/c1-3-10-12(19-7(2)16-10)6-15-13(18)8-4-9(14)11(17)5-8;/h8-9,11,17H,3-6,14H2,1-2H3,(H,15,18);1H/t8-,9-,11-;/m0./s1. The van der Waals surface area contributed by atoms with Crippen molar-refractivity contribution < 1.29 is 9.90 Å². The van der Waals surface area contributed by atoms with Crippen molar-refractivity contribution >= 4 is 29.7 Å². The van der Waals surface area contributed by atoms with Crippen LogP contribution in [0, 0.1) is 12.8 Å². The molecule has 4 N–H and O–H groups in total. The number of aliphatic hydroxyl groups is 1. The summed E-state index contributed by atoms with van der Waals surface area (Å²) in [5.74, 6) is -0.177. The molecule has 1 amide bonds. The number of halogens is 1. The Morgan fingerprint density at radius 1 is 1.55 bits per heavy atom. The number of aryl methyl sites for hydroxylation is 2. The van der Waals surface area contributed by atoms with Gasteiger partial charge in [-0.05, 0) is 26.2 Å². The van der Waals surface area contributed by atoms with Gasteiger partial charge >= 0.3 is 0 Å². The van der Waals surface area contributed by atoms with Gasteiger partial charge in [-0.2, -0.15) is 0 Å². The Hall–Kier alpha value is -0.690. The number of rotatable bonds is 4. The third-order valence-corrected chi connectivity index (χ3v) is 4.60. The van der Waals surface area contributed by atoms with Crippen molar-refractivity contribution in [3.05, 3.63) is 15.6 Å². The highest BCUT2D eigenvalue weighted by Crippen LogP contribution is 2.25. The van der Waals surface area contributed by atoms with Crippen LogP contribution in [0.2, 0.25) is 0 Å². The van der Waals surface area contributed by atoms with Gasteiger partial charge in [0, 0.05) is 16.8 Å². The van der Waals surface area contributed by atoms with E-state index in [1.807, 2.05) is 6.92 Å². The molecule has 114 valence electrons. The van der Waals surface area contributed by atoms with Crippen LogP contribution in [0.5, 0.6) is 0 Å². The predicted octanol–water partition coefficient (Wildman–Crippen LogP) is 1.15. The molecule has 0 unspecified atom stereocenters. The number of thiazole rings is 1. The second-order valence-corrected chi connectivity index (χ2v) is 6.36. The lowest BCUT2D eigenvalue weighted by Gasteiger charge is -2.10. The van der Waals surface area contributed by atoms with E-state index in [9.17, 15) is 9.90 Å². The molecule has 1 saturated carbocycles. The van der Waals surface area contributed by atoms with Crippen molar-refractivity contribution in [1.29, 1.82) is 0 Å². The summed E-state index contributed by atoms with van der Waals surface area (Å²) in [5.41, 5.74) is 6.79. The summed E-state index contributed by atoms with van der Waals surface area (Å²) in [7, 11) is 0. The van der Waals surface area contributed by atoms with E-state index in [2.05, 4.69) is 17.2 Å². The van der Waals surface area contributed by atoms with Gasteiger partial charge in [0.05, 0.1) is 23.4 Å². The normalized spacial score (nSPS) is 25.3. The number of aliphatic hydroxyl groups excluding tert-OH is 1. The molecule has 3 atom stereocenters. The summed E-state index contributed by atoms with van der Waals surface area (Å²) >= 11 is 1.62. The van der Waals surface area contributed by atoms with Gasteiger partial charge in [-0.15, -0.1) is 23.7 Å². The minimum atomic E-state index is -0.549. The lowest BCUT2D eigenvalue weighted by Crippen LogP contribution is -2.30. The summed E-state index contributed by atoms with van der Waals surface area (Å²) in [4.78, 5) is 17.6. The fourth-order valence-corrected chi connectivity index (χ4v) is 3.47. The van der Waals surface area contributed by atoms with E-state index in [0.29, 0.717) is 19.4 Å². The van der Waals surface area contributed by atoms with Crippen molar-refractivity contribution in [3.63, 3.8) is 0 Å². The van der Waals surface area contributed by atoms with Crippen LogP contribution in [-0.2, 0) is 17.8 Å². The summed E-state index contributed by atoms with van der Waals surface area (Å²) in [6, 6.07) is -0.271. The van der Waals surface area contributed by atoms with Crippen LogP contribution in [0.1, 0.15) is 35.3 Å². The Bertz CT molecular complexity index is 456. The second-order valence-electron chi connectivity index (χ2n) is 5.07. The zero-order chi connectivity index (χ0) is 14.0. The lowest BCUT2D eigenvalue weighted by molar-refractivity contribution is -0.125. The maximum absolute atomic E-state index is 12.0.